The molecule has 92 valence electrons. The van der Waals surface area contributed by atoms with Gasteiger partial charge in [0.25, 0.3) is 5.69 Å². The van der Waals surface area contributed by atoms with Crippen molar-refractivity contribution in [2.75, 3.05) is 0 Å². The molecule has 0 heterocycles. The molecule has 0 spiro atoms. The van der Waals surface area contributed by atoms with E-state index in [1.165, 1.54) is 6.07 Å². The summed E-state index contributed by atoms with van der Waals surface area (Å²) >= 11 is 9.56. The zero-order valence-corrected chi connectivity index (χ0v) is 11.6. The molecule has 0 bridgehead atoms. The first kappa shape index (κ1) is 13.1. The lowest BCUT2D eigenvalue weighted by Gasteiger charge is -2.12. The van der Waals surface area contributed by atoms with Gasteiger partial charge in [-0.1, -0.05) is 63.9 Å². The molecule has 0 aliphatic heterocycles. The van der Waals surface area contributed by atoms with Crippen LogP contribution in [0, 0.1) is 10.1 Å². The summed E-state index contributed by atoms with van der Waals surface area (Å²) in [4.78, 5) is 10.3. The quantitative estimate of drug-likeness (QED) is 0.465. The van der Waals surface area contributed by atoms with Gasteiger partial charge in [-0.05, 0) is 11.6 Å². The van der Waals surface area contributed by atoms with Gasteiger partial charge >= 0.3 is 0 Å². The molecule has 0 radical (unpaired) electrons. The Morgan fingerprint density at radius 3 is 2.39 bits per heavy atom. The number of rotatable bonds is 3. The van der Waals surface area contributed by atoms with Crippen molar-refractivity contribution in [1.29, 1.82) is 0 Å². The molecule has 5 heteroatoms. The Morgan fingerprint density at radius 1 is 1.11 bits per heavy atom. The first-order valence-electron chi connectivity index (χ1n) is 5.23. The van der Waals surface area contributed by atoms with E-state index in [9.17, 15) is 10.1 Å². The van der Waals surface area contributed by atoms with Gasteiger partial charge in [-0.25, -0.2) is 0 Å². The second-order valence-electron chi connectivity index (χ2n) is 3.70. The molecule has 0 fully saturated rings. The number of alkyl halides is 1. The minimum absolute atomic E-state index is 0.0215. The van der Waals surface area contributed by atoms with Gasteiger partial charge in [0.15, 0.2) is 0 Å². The zero-order valence-electron chi connectivity index (χ0n) is 9.22. The van der Waals surface area contributed by atoms with E-state index in [1.54, 1.807) is 12.1 Å². The lowest BCUT2D eigenvalue weighted by atomic mass is 10.0. The van der Waals surface area contributed by atoms with Crippen LogP contribution in [0.25, 0.3) is 0 Å². The van der Waals surface area contributed by atoms with Gasteiger partial charge in [0.1, 0.15) is 0 Å². The van der Waals surface area contributed by atoms with E-state index in [1.807, 2.05) is 30.3 Å². The number of hydrogen-bond donors (Lipinski definition) is 0. The van der Waals surface area contributed by atoms with Crippen molar-refractivity contribution in [1.82, 2.24) is 0 Å². The molecule has 0 saturated carbocycles. The Bertz CT molecular complexity index is 574. The predicted octanol–water partition coefficient (Wildman–Crippen LogP) is 4.73. The van der Waals surface area contributed by atoms with E-state index in [-0.39, 0.29) is 10.5 Å². The number of benzene rings is 2. The fourth-order valence-corrected chi connectivity index (χ4v) is 2.92. The summed E-state index contributed by atoms with van der Waals surface area (Å²) < 4.78 is 0. The summed E-state index contributed by atoms with van der Waals surface area (Å²) in [6.07, 6.45) is 0. The number of hydrogen-bond acceptors (Lipinski definition) is 2. The maximum Gasteiger partial charge on any atom is 0.275 e. The molecule has 2 rings (SSSR count). The van der Waals surface area contributed by atoms with Crippen LogP contribution < -0.4 is 0 Å². The van der Waals surface area contributed by atoms with Crippen LogP contribution in [-0.2, 0) is 0 Å². The normalized spacial score (nSPS) is 12.1. The lowest BCUT2D eigenvalue weighted by molar-refractivity contribution is -0.385. The minimum Gasteiger partial charge on any atom is -0.258 e. The number of nitrogens with zero attached hydrogens (tertiary/aromatic N) is 1. The summed E-state index contributed by atoms with van der Waals surface area (Å²) in [5.74, 6) is 0. The average Bonchev–Trinajstić information content (AvgIpc) is 2.38. The predicted molar refractivity (Wildman–Crippen MR) is 75.3 cm³/mol. The maximum atomic E-state index is 11.0. The van der Waals surface area contributed by atoms with E-state index < -0.39 is 4.92 Å². The van der Waals surface area contributed by atoms with Crippen LogP contribution in [0.3, 0.4) is 0 Å². The van der Waals surface area contributed by atoms with E-state index >= 15 is 0 Å². The third-order valence-corrected chi connectivity index (χ3v) is 3.89. The SMILES string of the molecule is O=[N+]([O-])c1cccc(Cl)c1C(Br)c1ccccc1. The lowest BCUT2D eigenvalue weighted by Crippen LogP contribution is -2.00. The Labute approximate surface area is 118 Å². The van der Waals surface area contributed by atoms with Crippen molar-refractivity contribution >= 4 is 33.2 Å². The van der Waals surface area contributed by atoms with Gasteiger partial charge in [-0.15, -0.1) is 0 Å². The highest BCUT2D eigenvalue weighted by atomic mass is 79.9. The molecular weight excluding hydrogens is 318 g/mol. The van der Waals surface area contributed by atoms with Gasteiger partial charge < -0.3 is 0 Å². The summed E-state index contributed by atoms with van der Waals surface area (Å²) in [5.41, 5.74) is 1.43. The van der Waals surface area contributed by atoms with Gasteiger partial charge in [0.05, 0.1) is 20.3 Å². The highest BCUT2D eigenvalue weighted by molar-refractivity contribution is 9.09. The first-order chi connectivity index (χ1) is 8.61. The zero-order chi connectivity index (χ0) is 13.1. The molecule has 0 aromatic heterocycles. The number of nitro benzene ring substituents is 1. The van der Waals surface area contributed by atoms with Crippen LogP contribution in [0.5, 0.6) is 0 Å². The van der Waals surface area contributed by atoms with Crippen molar-refractivity contribution in [3.05, 3.63) is 74.8 Å². The number of nitro groups is 1. The Balaban J connectivity index is 2.54. The highest BCUT2D eigenvalue weighted by Gasteiger charge is 2.24. The van der Waals surface area contributed by atoms with E-state index in [4.69, 9.17) is 11.6 Å². The summed E-state index contributed by atoms with van der Waals surface area (Å²) in [7, 11) is 0. The van der Waals surface area contributed by atoms with Gasteiger partial charge in [0.2, 0.25) is 0 Å². The van der Waals surface area contributed by atoms with Crippen LogP contribution in [0.15, 0.2) is 48.5 Å². The van der Waals surface area contributed by atoms with Crippen molar-refractivity contribution in [3.8, 4) is 0 Å². The van der Waals surface area contributed by atoms with E-state index in [0.29, 0.717) is 10.6 Å². The van der Waals surface area contributed by atoms with E-state index in [0.717, 1.165) is 5.56 Å². The highest BCUT2D eigenvalue weighted by Crippen LogP contribution is 2.40. The Hall–Kier alpha value is -1.39. The second kappa shape index (κ2) is 5.50. The van der Waals surface area contributed by atoms with Crippen molar-refractivity contribution in [2.24, 2.45) is 0 Å². The molecule has 2 aromatic carbocycles. The average molecular weight is 327 g/mol. The monoisotopic (exact) mass is 325 g/mol. The van der Waals surface area contributed by atoms with Crippen molar-refractivity contribution in [2.45, 2.75) is 4.83 Å². The van der Waals surface area contributed by atoms with Crippen LogP contribution in [0.2, 0.25) is 5.02 Å². The molecule has 0 saturated heterocycles. The molecule has 0 N–H and O–H groups in total. The molecule has 3 nitrogen and oxygen atoms in total. The van der Waals surface area contributed by atoms with Crippen LogP contribution in [-0.4, -0.2) is 4.92 Å². The van der Waals surface area contributed by atoms with E-state index in [2.05, 4.69) is 15.9 Å². The topological polar surface area (TPSA) is 43.1 Å². The summed E-state index contributed by atoms with van der Waals surface area (Å²) in [5, 5.41) is 11.4. The molecule has 18 heavy (non-hydrogen) atoms. The molecule has 1 atom stereocenters. The third kappa shape index (κ3) is 2.54. The standard InChI is InChI=1S/C13H9BrClNO2/c14-13(9-5-2-1-3-6-9)12-10(15)7-4-8-11(12)16(17)18/h1-8,13H. The Morgan fingerprint density at radius 2 is 1.78 bits per heavy atom. The molecular formula is C13H9BrClNO2. The minimum atomic E-state index is -0.418. The smallest absolute Gasteiger partial charge is 0.258 e. The van der Waals surface area contributed by atoms with Crippen molar-refractivity contribution < 1.29 is 4.92 Å². The molecule has 1 unspecified atom stereocenters. The van der Waals surface area contributed by atoms with Crippen LogP contribution >= 0.6 is 27.5 Å². The van der Waals surface area contributed by atoms with Crippen LogP contribution in [0.4, 0.5) is 5.69 Å². The first-order valence-corrected chi connectivity index (χ1v) is 6.52. The van der Waals surface area contributed by atoms with Gasteiger partial charge in [-0.3, -0.25) is 10.1 Å². The van der Waals surface area contributed by atoms with Gasteiger partial charge in [-0.2, -0.15) is 0 Å². The third-order valence-electron chi connectivity index (χ3n) is 2.57. The fourth-order valence-electron chi connectivity index (χ4n) is 1.72. The van der Waals surface area contributed by atoms with Crippen molar-refractivity contribution in [3.63, 3.8) is 0 Å². The molecule has 0 amide bonds. The second-order valence-corrected chi connectivity index (χ2v) is 5.03. The molecule has 0 aliphatic rings. The summed E-state index contributed by atoms with van der Waals surface area (Å²) in [6, 6.07) is 14.1. The van der Waals surface area contributed by atoms with Crippen LogP contribution in [0.1, 0.15) is 16.0 Å². The number of halogens is 2. The largest absolute Gasteiger partial charge is 0.275 e. The Kier molecular flexibility index (Phi) is 3.99. The summed E-state index contributed by atoms with van der Waals surface area (Å²) in [6.45, 7) is 0. The fraction of sp³-hybridized carbons (Fsp3) is 0.0769. The molecule has 2 aromatic rings. The maximum absolute atomic E-state index is 11.0. The molecule has 0 aliphatic carbocycles. The van der Waals surface area contributed by atoms with Gasteiger partial charge in [0, 0.05) is 6.07 Å².